The minimum atomic E-state index is -0.248. The van der Waals surface area contributed by atoms with Crippen molar-refractivity contribution in [1.82, 2.24) is 0 Å². The van der Waals surface area contributed by atoms with Gasteiger partial charge in [-0.25, -0.2) is 4.39 Å². The third kappa shape index (κ3) is 2.94. The lowest BCUT2D eigenvalue weighted by Crippen LogP contribution is -1.95. The lowest BCUT2D eigenvalue weighted by atomic mass is 10.1. The van der Waals surface area contributed by atoms with E-state index in [1.807, 2.05) is 12.2 Å². The van der Waals surface area contributed by atoms with Crippen LogP contribution in [-0.4, -0.2) is 13.7 Å². The second-order valence-corrected chi connectivity index (χ2v) is 2.91. The van der Waals surface area contributed by atoms with Crippen molar-refractivity contribution in [2.45, 2.75) is 6.61 Å². The van der Waals surface area contributed by atoms with Crippen molar-refractivity contribution >= 4 is 6.08 Å². The van der Waals surface area contributed by atoms with Crippen LogP contribution < -0.4 is 5.73 Å². The van der Waals surface area contributed by atoms with Crippen LogP contribution in [0.25, 0.3) is 6.08 Å². The molecule has 0 saturated heterocycles. The van der Waals surface area contributed by atoms with Crippen molar-refractivity contribution in [3.63, 3.8) is 0 Å². The maximum Gasteiger partial charge on any atom is 0.123 e. The molecule has 0 aliphatic heterocycles. The van der Waals surface area contributed by atoms with Crippen LogP contribution in [0.1, 0.15) is 11.1 Å². The minimum absolute atomic E-state index is 0.248. The van der Waals surface area contributed by atoms with Crippen molar-refractivity contribution in [2.24, 2.45) is 5.73 Å². The van der Waals surface area contributed by atoms with Gasteiger partial charge in [-0.2, -0.15) is 0 Å². The molecule has 0 aliphatic rings. The molecule has 3 heteroatoms. The van der Waals surface area contributed by atoms with Crippen LogP contribution in [0.3, 0.4) is 0 Å². The Hall–Kier alpha value is -1.19. The molecule has 0 bridgehead atoms. The molecule has 1 aromatic carbocycles. The van der Waals surface area contributed by atoms with Gasteiger partial charge in [0.05, 0.1) is 6.61 Å². The van der Waals surface area contributed by atoms with Crippen molar-refractivity contribution in [3.8, 4) is 0 Å². The third-order valence-corrected chi connectivity index (χ3v) is 1.84. The van der Waals surface area contributed by atoms with Crippen LogP contribution in [0.4, 0.5) is 4.39 Å². The van der Waals surface area contributed by atoms with Crippen LogP contribution >= 0.6 is 0 Å². The molecule has 2 nitrogen and oxygen atoms in total. The van der Waals surface area contributed by atoms with E-state index in [0.29, 0.717) is 13.2 Å². The standard InChI is InChI=1S/C11H14FNO/c1-14-8-10-7-11(12)5-4-9(10)3-2-6-13/h2-5,7H,6,8,13H2,1H3/b3-2+. The first-order valence-electron chi connectivity index (χ1n) is 4.42. The maximum absolute atomic E-state index is 12.9. The van der Waals surface area contributed by atoms with E-state index in [4.69, 9.17) is 10.5 Å². The van der Waals surface area contributed by atoms with Crippen molar-refractivity contribution in [3.05, 3.63) is 41.2 Å². The number of hydrogen-bond donors (Lipinski definition) is 1. The molecule has 0 unspecified atom stereocenters. The SMILES string of the molecule is COCc1cc(F)ccc1/C=C/CN. The summed E-state index contributed by atoms with van der Waals surface area (Å²) in [7, 11) is 1.58. The lowest BCUT2D eigenvalue weighted by molar-refractivity contribution is 0.184. The maximum atomic E-state index is 12.9. The summed E-state index contributed by atoms with van der Waals surface area (Å²) in [5.74, 6) is -0.248. The molecule has 2 N–H and O–H groups in total. The van der Waals surface area contributed by atoms with E-state index in [2.05, 4.69) is 0 Å². The van der Waals surface area contributed by atoms with Crippen molar-refractivity contribution in [2.75, 3.05) is 13.7 Å². The Morgan fingerprint density at radius 3 is 2.93 bits per heavy atom. The predicted octanol–water partition coefficient (Wildman–Crippen LogP) is 1.94. The van der Waals surface area contributed by atoms with E-state index in [0.717, 1.165) is 11.1 Å². The monoisotopic (exact) mass is 195 g/mol. The Labute approximate surface area is 83.2 Å². The Balaban J connectivity index is 2.95. The van der Waals surface area contributed by atoms with Gasteiger partial charge in [0, 0.05) is 13.7 Å². The van der Waals surface area contributed by atoms with Crippen molar-refractivity contribution in [1.29, 1.82) is 0 Å². The summed E-state index contributed by atoms with van der Waals surface area (Å²) in [6.07, 6.45) is 3.69. The predicted molar refractivity (Wildman–Crippen MR) is 55.2 cm³/mol. The zero-order valence-corrected chi connectivity index (χ0v) is 8.16. The summed E-state index contributed by atoms with van der Waals surface area (Å²) < 4.78 is 17.9. The van der Waals surface area contributed by atoms with Gasteiger partial charge in [0.15, 0.2) is 0 Å². The van der Waals surface area contributed by atoms with Gasteiger partial charge in [0.1, 0.15) is 5.82 Å². The largest absolute Gasteiger partial charge is 0.380 e. The number of nitrogens with two attached hydrogens (primary N) is 1. The Bertz CT molecular complexity index is 323. The minimum Gasteiger partial charge on any atom is -0.380 e. The molecule has 0 atom stereocenters. The van der Waals surface area contributed by atoms with Gasteiger partial charge in [-0.05, 0) is 23.3 Å². The number of hydrogen-bond acceptors (Lipinski definition) is 2. The molecule has 1 rings (SSSR count). The number of halogens is 1. The molecular weight excluding hydrogens is 181 g/mol. The smallest absolute Gasteiger partial charge is 0.123 e. The molecule has 0 aromatic heterocycles. The molecule has 0 amide bonds. The molecular formula is C11H14FNO. The summed E-state index contributed by atoms with van der Waals surface area (Å²) in [6, 6.07) is 4.62. The summed E-state index contributed by atoms with van der Waals surface area (Å²) in [5, 5.41) is 0. The van der Waals surface area contributed by atoms with Crippen LogP contribution in [0.5, 0.6) is 0 Å². The average Bonchev–Trinajstić information content (AvgIpc) is 2.17. The van der Waals surface area contributed by atoms with Crippen LogP contribution in [0.15, 0.2) is 24.3 Å². The van der Waals surface area contributed by atoms with E-state index < -0.39 is 0 Å². The molecule has 0 aliphatic carbocycles. The topological polar surface area (TPSA) is 35.2 Å². The highest BCUT2D eigenvalue weighted by atomic mass is 19.1. The van der Waals surface area contributed by atoms with E-state index in [1.54, 1.807) is 13.2 Å². The molecule has 0 spiro atoms. The first kappa shape index (κ1) is 10.9. The van der Waals surface area contributed by atoms with Gasteiger partial charge in [-0.15, -0.1) is 0 Å². The van der Waals surface area contributed by atoms with E-state index in [-0.39, 0.29) is 5.82 Å². The molecule has 0 radical (unpaired) electrons. The summed E-state index contributed by atoms with van der Waals surface area (Å²) >= 11 is 0. The molecule has 0 saturated carbocycles. The second kappa shape index (κ2) is 5.52. The molecule has 14 heavy (non-hydrogen) atoms. The van der Waals surface area contributed by atoms with Gasteiger partial charge >= 0.3 is 0 Å². The number of ether oxygens (including phenoxy) is 1. The first-order valence-corrected chi connectivity index (χ1v) is 4.42. The van der Waals surface area contributed by atoms with Gasteiger partial charge in [0.2, 0.25) is 0 Å². The fourth-order valence-electron chi connectivity index (χ4n) is 1.21. The second-order valence-electron chi connectivity index (χ2n) is 2.91. The molecule has 0 heterocycles. The number of rotatable bonds is 4. The van der Waals surface area contributed by atoms with Gasteiger partial charge < -0.3 is 10.5 Å². The Morgan fingerprint density at radius 2 is 2.29 bits per heavy atom. The highest BCUT2D eigenvalue weighted by Crippen LogP contribution is 2.13. The Morgan fingerprint density at radius 1 is 1.50 bits per heavy atom. The van der Waals surface area contributed by atoms with Crippen LogP contribution in [0, 0.1) is 5.82 Å². The number of methoxy groups -OCH3 is 1. The van der Waals surface area contributed by atoms with Crippen LogP contribution in [-0.2, 0) is 11.3 Å². The highest BCUT2D eigenvalue weighted by Gasteiger charge is 2.00. The highest BCUT2D eigenvalue weighted by molar-refractivity contribution is 5.53. The zero-order valence-electron chi connectivity index (χ0n) is 8.16. The van der Waals surface area contributed by atoms with E-state index in [9.17, 15) is 4.39 Å². The van der Waals surface area contributed by atoms with E-state index >= 15 is 0 Å². The lowest BCUT2D eigenvalue weighted by Gasteiger charge is -2.04. The molecule has 0 fully saturated rings. The van der Waals surface area contributed by atoms with Gasteiger partial charge in [0.25, 0.3) is 0 Å². The van der Waals surface area contributed by atoms with Crippen LogP contribution in [0.2, 0.25) is 0 Å². The summed E-state index contributed by atoms with van der Waals surface area (Å²) in [5.41, 5.74) is 7.11. The molecule has 1 aromatic rings. The van der Waals surface area contributed by atoms with Gasteiger partial charge in [-0.1, -0.05) is 18.2 Å². The average molecular weight is 195 g/mol. The van der Waals surface area contributed by atoms with E-state index in [1.165, 1.54) is 12.1 Å². The quantitative estimate of drug-likeness (QED) is 0.796. The number of benzene rings is 1. The first-order chi connectivity index (χ1) is 6.77. The van der Waals surface area contributed by atoms with Gasteiger partial charge in [-0.3, -0.25) is 0 Å². The third-order valence-electron chi connectivity index (χ3n) is 1.84. The Kier molecular flexibility index (Phi) is 4.29. The summed E-state index contributed by atoms with van der Waals surface area (Å²) in [6.45, 7) is 0.881. The normalized spacial score (nSPS) is 11.1. The van der Waals surface area contributed by atoms with Crippen molar-refractivity contribution < 1.29 is 9.13 Å². The fourth-order valence-corrected chi connectivity index (χ4v) is 1.21. The molecule has 76 valence electrons. The zero-order chi connectivity index (χ0) is 10.4. The summed E-state index contributed by atoms with van der Waals surface area (Å²) in [4.78, 5) is 0. The fraction of sp³-hybridized carbons (Fsp3) is 0.273.